The van der Waals surface area contributed by atoms with Crippen LogP contribution in [-0.2, 0) is 4.79 Å². The van der Waals surface area contributed by atoms with Crippen molar-refractivity contribution in [3.63, 3.8) is 0 Å². The highest BCUT2D eigenvalue weighted by Gasteiger charge is 2.25. The Balaban J connectivity index is 0.00000200. The van der Waals surface area contributed by atoms with E-state index in [4.69, 9.17) is 0 Å². The third kappa shape index (κ3) is 5.58. The lowest BCUT2D eigenvalue weighted by atomic mass is 9.80. The Kier molecular flexibility index (Phi) is 8.50. The molecule has 0 unspecified atom stereocenters. The summed E-state index contributed by atoms with van der Waals surface area (Å²) in [6.07, 6.45) is 5.95. The summed E-state index contributed by atoms with van der Waals surface area (Å²) in [6, 6.07) is 0. The fraction of sp³-hybridized carbons (Fsp3) is 0.933. The van der Waals surface area contributed by atoms with Crippen LogP contribution in [0, 0.1) is 11.8 Å². The Morgan fingerprint density at radius 3 is 2.45 bits per heavy atom. The number of amides is 1. The van der Waals surface area contributed by atoms with Crippen molar-refractivity contribution in [2.24, 2.45) is 11.8 Å². The summed E-state index contributed by atoms with van der Waals surface area (Å²) < 4.78 is 0. The number of hydrogen-bond acceptors (Lipinski definition) is 3. The molecule has 0 atom stereocenters. The van der Waals surface area contributed by atoms with Crippen molar-refractivity contribution in [2.45, 2.75) is 39.0 Å². The van der Waals surface area contributed by atoms with Crippen LogP contribution < -0.4 is 10.6 Å². The lowest BCUT2D eigenvalue weighted by molar-refractivity contribution is -0.126. The highest BCUT2D eigenvalue weighted by Crippen LogP contribution is 2.30. The molecular weight excluding hydrogens is 274 g/mol. The smallest absolute Gasteiger partial charge is 0.223 e. The van der Waals surface area contributed by atoms with Gasteiger partial charge in [0, 0.05) is 45.2 Å². The van der Waals surface area contributed by atoms with Gasteiger partial charge >= 0.3 is 0 Å². The average Bonchev–Trinajstić information content (AvgIpc) is 2.48. The molecule has 1 aliphatic heterocycles. The minimum absolute atomic E-state index is 0. The Bertz CT molecular complexity index is 274. The molecule has 1 heterocycles. The van der Waals surface area contributed by atoms with Crippen molar-refractivity contribution >= 4 is 18.3 Å². The molecule has 2 rings (SSSR count). The second kappa shape index (κ2) is 9.59. The highest BCUT2D eigenvalue weighted by atomic mass is 35.5. The van der Waals surface area contributed by atoms with Gasteiger partial charge in [-0.2, -0.15) is 0 Å². The molecule has 0 radical (unpaired) electrons. The Hall–Kier alpha value is -0.320. The molecule has 0 aromatic rings. The quantitative estimate of drug-likeness (QED) is 0.812. The molecule has 0 aromatic heterocycles. The van der Waals surface area contributed by atoms with Crippen LogP contribution >= 0.6 is 12.4 Å². The van der Waals surface area contributed by atoms with E-state index in [9.17, 15) is 4.79 Å². The topological polar surface area (TPSA) is 44.4 Å². The van der Waals surface area contributed by atoms with Crippen molar-refractivity contribution < 1.29 is 4.79 Å². The molecule has 118 valence electrons. The van der Waals surface area contributed by atoms with Crippen molar-refractivity contribution in [2.75, 3.05) is 39.3 Å². The number of carbonyl (C=O) groups excluding carboxylic acids is 1. The molecule has 2 fully saturated rings. The van der Waals surface area contributed by atoms with E-state index in [1.807, 2.05) is 0 Å². The molecule has 0 aromatic carbocycles. The fourth-order valence-electron chi connectivity index (χ4n) is 3.25. The summed E-state index contributed by atoms with van der Waals surface area (Å²) in [5, 5.41) is 6.48. The van der Waals surface area contributed by atoms with Crippen LogP contribution in [0.4, 0.5) is 0 Å². The number of halogens is 1. The summed E-state index contributed by atoms with van der Waals surface area (Å²) in [6.45, 7) is 8.45. The molecule has 0 spiro atoms. The van der Waals surface area contributed by atoms with Crippen molar-refractivity contribution in [1.29, 1.82) is 0 Å². The van der Waals surface area contributed by atoms with Gasteiger partial charge in [0.2, 0.25) is 5.91 Å². The maximum Gasteiger partial charge on any atom is 0.223 e. The van der Waals surface area contributed by atoms with Crippen LogP contribution in [0.3, 0.4) is 0 Å². The van der Waals surface area contributed by atoms with Gasteiger partial charge in [0.25, 0.3) is 0 Å². The predicted octanol–water partition coefficient (Wildman–Crippen LogP) is 1.65. The zero-order valence-electron chi connectivity index (χ0n) is 12.7. The SMILES string of the molecule is CCC1CCC(C(=O)NCCN2CCNCC2)CC1.Cl. The van der Waals surface area contributed by atoms with E-state index >= 15 is 0 Å². The van der Waals surface area contributed by atoms with E-state index < -0.39 is 0 Å². The summed E-state index contributed by atoms with van der Waals surface area (Å²) in [4.78, 5) is 14.5. The van der Waals surface area contributed by atoms with Gasteiger partial charge in [-0.25, -0.2) is 0 Å². The summed E-state index contributed by atoms with van der Waals surface area (Å²) in [5.41, 5.74) is 0. The largest absolute Gasteiger partial charge is 0.355 e. The number of carbonyl (C=O) groups is 1. The second-order valence-corrected chi connectivity index (χ2v) is 6.01. The second-order valence-electron chi connectivity index (χ2n) is 6.01. The van der Waals surface area contributed by atoms with Gasteiger partial charge in [-0.3, -0.25) is 9.69 Å². The molecule has 5 heteroatoms. The lowest BCUT2D eigenvalue weighted by Crippen LogP contribution is -2.46. The standard InChI is InChI=1S/C15H29N3O.ClH/c1-2-13-3-5-14(6-4-13)15(19)17-9-12-18-10-7-16-8-11-18;/h13-14,16H,2-12H2,1H3,(H,17,19);1H. The van der Waals surface area contributed by atoms with E-state index in [-0.39, 0.29) is 18.3 Å². The first-order chi connectivity index (χ1) is 9.29. The first-order valence-electron chi connectivity index (χ1n) is 8.00. The van der Waals surface area contributed by atoms with Crippen LogP contribution in [0.25, 0.3) is 0 Å². The Morgan fingerprint density at radius 1 is 1.20 bits per heavy atom. The Labute approximate surface area is 129 Å². The maximum atomic E-state index is 12.1. The molecule has 0 bridgehead atoms. The van der Waals surface area contributed by atoms with E-state index in [0.29, 0.717) is 5.91 Å². The monoisotopic (exact) mass is 303 g/mol. The summed E-state index contributed by atoms with van der Waals surface area (Å²) >= 11 is 0. The molecule has 20 heavy (non-hydrogen) atoms. The van der Waals surface area contributed by atoms with E-state index in [2.05, 4.69) is 22.5 Å². The van der Waals surface area contributed by atoms with Gasteiger partial charge < -0.3 is 10.6 Å². The summed E-state index contributed by atoms with van der Waals surface area (Å²) in [7, 11) is 0. The lowest BCUT2D eigenvalue weighted by Gasteiger charge is -2.29. The van der Waals surface area contributed by atoms with Crippen molar-refractivity contribution in [1.82, 2.24) is 15.5 Å². The number of rotatable bonds is 5. The van der Waals surface area contributed by atoms with Gasteiger partial charge in [-0.15, -0.1) is 12.4 Å². The average molecular weight is 304 g/mol. The molecule has 1 amide bonds. The Morgan fingerprint density at radius 2 is 1.85 bits per heavy atom. The summed E-state index contributed by atoms with van der Waals surface area (Å²) in [5.74, 6) is 1.44. The van der Waals surface area contributed by atoms with Crippen LogP contribution in [0.2, 0.25) is 0 Å². The molecular formula is C15H30ClN3O. The van der Waals surface area contributed by atoms with Crippen LogP contribution in [0.15, 0.2) is 0 Å². The number of nitrogens with zero attached hydrogens (tertiary/aromatic N) is 1. The van der Waals surface area contributed by atoms with Gasteiger partial charge in [0.15, 0.2) is 0 Å². The van der Waals surface area contributed by atoms with Crippen molar-refractivity contribution in [3.8, 4) is 0 Å². The van der Waals surface area contributed by atoms with E-state index in [0.717, 1.165) is 58.0 Å². The molecule has 4 nitrogen and oxygen atoms in total. The van der Waals surface area contributed by atoms with Gasteiger partial charge in [-0.1, -0.05) is 13.3 Å². The third-order valence-electron chi connectivity index (χ3n) is 4.73. The minimum Gasteiger partial charge on any atom is -0.355 e. The first-order valence-corrected chi connectivity index (χ1v) is 8.00. The van der Waals surface area contributed by atoms with E-state index in [1.165, 1.54) is 19.3 Å². The molecule has 2 aliphatic rings. The third-order valence-corrected chi connectivity index (χ3v) is 4.73. The zero-order valence-corrected chi connectivity index (χ0v) is 13.5. The normalized spacial score (nSPS) is 27.6. The van der Waals surface area contributed by atoms with Gasteiger partial charge in [0.05, 0.1) is 0 Å². The first kappa shape index (κ1) is 17.7. The van der Waals surface area contributed by atoms with Crippen molar-refractivity contribution in [3.05, 3.63) is 0 Å². The molecule has 1 aliphatic carbocycles. The predicted molar refractivity (Wildman–Crippen MR) is 85.3 cm³/mol. The molecule has 2 N–H and O–H groups in total. The molecule has 1 saturated carbocycles. The van der Waals surface area contributed by atoms with Gasteiger partial charge in [0.1, 0.15) is 0 Å². The van der Waals surface area contributed by atoms with E-state index in [1.54, 1.807) is 0 Å². The molecule has 1 saturated heterocycles. The minimum atomic E-state index is 0. The van der Waals surface area contributed by atoms with Crippen LogP contribution in [-0.4, -0.2) is 50.1 Å². The zero-order chi connectivity index (χ0) is 13.5. The fourth-order valence-corrected chi connectivity index (χ4v) is 3.25. The number of hydrogen-bond donors (Lipinski definition) is 2. The number of piperazine rings is 1. The van der Waals surface area contributed by atoms with Crippen LogP contribution in [0.1, 0.15) is 39.0 Å². The maximum absolute atomic E-state index is 12.1. The van der Waals surface area contributed by atoms with Gasteiger partial charge in [-0.05, 0) is 31.6 Å². The van der Waals surface area contributed by atoms with Crippen LogP contribution in [0.5, 0.6) is 0 Å². The number of nitrogens with one attached hydrogen (secondary N) is 2. The highest BCUT2D eigenvalue weighted by molar-refractivity contribution is 5.85.